The minimum Gasteiger partial charge on any atom is -0.336 e. The van der Waals surface area contributed by atoms with Crippen LogP contribution in [-0.4, -0.2) is 54.6 Å². The highest BCUT2D eigenvalue weighted by Crippen LogP contribution is 2.25. The molecular weight excluding hydrogens is 474 g/mol. The molecule has 1 aliphatic rings. The van der Waals surface area contributed by atoms with Crippen LogP contribution in [0.5, 0.6) is 0 Å². The van der Waals surface area contributed by atoms with Crippen LogP contribution in [0.1, 0.15) is 10.4 Å². The molecule has 0 bridgehead atoms. The molecule has 0 aliphatic carbocycles. The lowest BCUT2D eigenvalue weighted by Gasteiger charge is -2.34. The summed E-state index contributed by atoms with van der Waals surface area (Å²) in [4.78, 5) is 24.3. The van der Waals surface area contributed by atoms with E-state index < -0.39 is 14.9 Å². The van der Waals surface area contributed by atoms with Gasteiger partial charge in [0.25, 0.3) is 11.6 Å². The van der Waals surface area contributed by atoms with Gasteiger partial charge >= 0.3 is 0 Å². The molecule has 0 spiro atoms. The summed E-state index contributed by atoms with van der Waals surface area (Å²) in [5, 5.41) is 11.2. The summed E-state index contributed by atoms with van der Waals surface area (Å²) in [6, 6.07) is 9.88. The van der Waals surface area contributed by atoms with Crippen molar-refractivity contribution in [1.29, 1.82) is 0 Å². The van der Waals surface area contributed by atoms with Crippen molar-refractivity contribution >= 4 is 49.1 Å². The number of benzene rings is 2. The van der Waals surface area contributed by atoms with Gasteiger partial charge in [-0.1, -0.05) is 33.6 Å². The summed E-state index contributed by atoms with van der Waals surface area (Å²) >= 11 is 9.40. The number of halogens is 2. The minimum atomic E-state index is -3.89. The maximum absolute atomic E-state index is 12.8. The molecule has 2 aromatic rings. The molecule has 0 aromatic heterocycles. The van der Waals surface area contributed by atoms with Gasteiger partial charge in [0.1, 0.15) is 0 Å². The predicted octanol–water partition coefficient (Wildman–Crippen LogP) is 3.16. The van der Waals surface area contributed by atoms with E-state index in [0.29, 0.717) is 15.1 Å². The van der Waals surface area contributed by atoms with Gasteiger partial charge in [0.15, 0.2) is 0 Å². The number of rotatable bonds is 4. The lowest BCUT2D eigenvalue weighted by molar-refractivity contribution is -0.385. The number of carbonyl (C=O) groups excluding carboxylic acids is 1. The third-order valence-electron chi connectivity index (χ3n) is 4.35. The molecule has 2 aromatic carbocycles. The van der Waals surface area contributed by atoms with Gasteiger partial charge in [0.05, 0.1) is 20.4 Å². The number of carbonyl (C=O) groups is 1. The number of nitrogens with zero attached hydrogens (tertiary/aromatic N) is 3. The Morgan fingerprint density at radius 2 is 1.79 bits per heavy atom. The first-order valence-electron chi connectivity index (χ1n) is 8.19. The van der Waals surface area contributed by atoms with Gasteiger partial charge in [-0.3, -0.25) is 14.9 Å². The summed E-state index contributed by atoms with van der Waals surface area (Å²) in [6.45, 7) is 0.552. The highest BCUT2D eigenvalue weighted by molar-refractivity contribution is 9.10. The van der Waals surface area contributed by atoms with Gasteiger partial charge < -0.3 is 4.90 Å². The van der Waals surface area contributed by atoms with Crippen molar-refractivity contribution in [2.75, 3.05) is 26.2 Å². The molecule has 28 heavy (non-hydrogen) atoms. The van der Waals surface area contributed by atoms with Crippen LogP contribution in [0.4, 0.5) is 5.69 Å². The quantitative estimate of drug-likeness (QED) is 0.486. The SMILES string of the molecule is O=C(c1cc(Br)ccc1Cl)N1CCN(S(=O)(=O)c2cccc([N+](=O)[O-])c2)CC1. The second-order valence-corrected chi connectivity index (χ2v) is 9.34. The van der Waals surface area contributed by atoms with Crippen molar-refractivity contribution in [3.05, 3.63) is 67.6 Å². The summed E-state index contributed by atoms with van der Waals surface area (Å²) in [5.41, 5.74) is 0.0465. The third kappa shape index (κ3) is 4.19. The van der Waals surface area contributed by atoms with E-state index >= 15 is 0 Å². The molecule has 0 atom stereocenters. The Morgan fingerprint density at radius 3 is 2.43 bits per heavy atom. The number of sulfonamides is 1. The maximum atomic E-state index is 12.8. The monoisotopic (exact) mass is 487 g/mol. The average Bonchev–Trinajstić information content (AvgIpc) is 2.69. The Kier molecular flexibility index (Phi) is 6.04. The van der Waals surface area contributed by atoms with Crippen molar-refractivity contribution < 1.29 is 18.1 Å². The predicted molar refractivity (Wildman–Crippen MR) is 107 cm³/mol. The fourth-order valence-electron chi connectivity index (χ4n) is 2.87. The van der Waals surface area contributed by atoms with Crippen molar-refractivity contribution in [3.8, 4) is 0 Å². The Bertz CT molecular complexity index is 1040. The normalized spacial score (nSPS) is 15.4. The van der Waals surface area contributed by atoms with Gasteiger partial charge in [-0.15, -0.1) is 0 Å². The first-order valence-corrected chi connectivity index (χ1v) is 10.8. The standard InChI is InChI=1S/C17H15BrClN3O5S/c18-12-4-5-16(19)15(10-12)17(23)20-6-8-21(9-7-20)28(26,27)14-3-1-2-13(11-14)22(24)25/h1-5,10-11H,6-9H2. The molecule has 8 nitrogen and oxygen atoms in total. The van der Waals surface area contributed by atoms with Crippen LogP contribution in [0.3, 0.4) is 0 Å². The molecule has 0 N–H and O–H groups in total. The molecule has 1 heterocycles. The molecule has 0 unspecified atom stereocenters. The Balaban J connectivity index is 1.74. The number of hydrogen-bond donors (Lipinski definition) is 0. The molecule has 0 saturated carbocycles. The number of hydrogen-bond acceptors (Lipinski definition) is 5. The van der Waals surface area contributed by atoms with Gasteiger partial charge in [-0.05, 0) is 24.3 Å². The van der Waals surface area contributed by atoms with Crippen molar-refractivity contribution in [1.82, 2.24) is 9.21 Å². The van der Waals surface area contributed by atoms with Crippen LogP contribution >= 0.6 is 27.5 Å². The number of amides is 1. The average molecular weight is 489 g/mol. The van der Waals surface area contributed by atoms with E-state index in [1.165, 1.54) is 27.4 Å². The van der Waals surface area contributed by atoms with Crippen LogP contribution in [0.25, 0.3) is 0 Å². The van der Waals surface area contributed by atoms with E-state index in [4.69, 9.17) is 11.6 Å². The van der Waals surface area contributed by atoms with Crippen LogP contribution in [0.2, 0.25) is 5.02 Å². The van der Waals surface area contributed by atoms with Crippen LogP contribution < -0.4 is 0 Å². The molecule has 0 radical (unpaired) electrons. The molecule has 3 rings (SSSR count). The van der Waals surface area contributed by atoms with E-state index in [-0.39, 0.29) is 42.7 Å². The van der Waals surface area contributed by atoms with E-state index in [2.05, 4.69) is 15.9 Å². The van der Waals surface area contributed by atoms with E-state index in [1.54, 1.807) is 18.2 Å². The summed E-state index contributed by atoms with van der Waals surface area (Å²) in [7, 11) is -3.89. The van der Waals surface area contributed by atoms with Gasteiger partial charge in [0, 0.05) is 42.8 Å². The van der Waals surface area contributed by atoms with Crippen molar-refractivity contribution in [2.45, 2.75) is 4.90 Å². The van der Waals surface area contributed by atoms with Crippen LogP contribution in [0, 0.1) is 10.1 Å². The third-order valence-corrected chi connectivity index (χ3v) is 7.07. The zero-order chi connectivity index (χ0) is 20.5. The summed E-state index contributed by atoms with van der Waals surface area (Å²) in [5.74, 6) is -0.279. The highest BCUT2D eigenvalue weighted by atomic mass is 79.9. The Hall–Kier alpha value is -2.01. The zero-order valence-electron chi connectivity index (χ0n) is 14.4. The molecule has 1 aliphatic heterocycles. The smallest absolute Gasteiger partial charge is 0.270 e. The molecule has 1 saturated heterocycles. The number of non-ortho nitro benzene ring substituents is 1. The Morgan fingerprint density at radius 1 is 1.11 bits per heavy atom. The van der Waals surface area contributed by atoms with Gasteiger partial charge in [-0.25, -0.2) is 8.42 Å². The number of nitro groups is 1. The molecule has 1 amide bonds. The first-order chi connectivity index (χ1) is 13.2. The first kappa shape index (κ1) is 20.7. The minimum absolute atomic E-state index is 0.0857. The summed E-state index contributed by atoms with van der Waals surface area (Å²) in [6.07, 6.45) is 0. The van der Waals surface area contributed by atoms with Gasteiger partial charge in [-0.2, -0.15) is 4.31 Å². The van der Waals surface area contributed by atoms with E-state index in [1.807, 2.05) is 0 Å². The largest absolute Gasteiger partial charge is 0.336 e. The fraction of sp³-hybridized carbons (Fsp3) is 0.235. The topological polar surface area (TPSA) is 101 Å². The van der Waals surface area contributed by atoms with E-state index in [9.17, 15) is 23.3 Å². The number of nitro benzene ring substituents is 1. The summed E-state index contributed by atoms with van der Waals surface area (Å²) < 4.78 is 27.5. The van der Waals surface area contributed by atoms with Gasteiger partial charge in [0.2, 0.25) is 10.0 Å². The second-order valence-electron chi connectivity index (χ2n) is 6.07. The maximum Gasteiger partial charge on any atom is 0.270 e. The molecular formula is C17H15BrClN3O5S. The lowest BCUT2D eigenvalue weighted by Crippen LogP contribution is -2.50. The van der Waals surface area contributed by atoms with Crippen molar-refractivity contribution in [3.63, 3.8) is 0 Å². The van der Waals surface area contributed by atoms with Crippen LogP contribution in [0.15, 0.2) is 51.8 Å². The highest BCUT2D eigenvalue weighted by Gasteiger charge is 2.31. The zero-order valence-corrected chi connectivity index (χ0v) is 17.6. The van der Waals surface area contributed by atoms with Crippen LogP contribution in [-0.2, 0) is 10.0 Å². The van der Waals surface area contributed by atoms with E-state index in [0.717, 1.165) is 6.07 Å². The molecule has 1 fully saturated rings. The second kappa shape index (κ2) is 8.16. The lowest BCUT2D eigenvalue weighted by atomic mass is 10.2. The fourth-order valence-corrected chi connectivity index (χ4v) is 4.89. The molecule has 11 heteroatoms. The molecule has 148 valence electrons. The number of piperazine rings is 1. The van der Waals surface area contributed by atoms with Crippen molar-refractivity contribution in [2.24, 2.45) is 0 Å². The Labute approximate surface area is 175 Å².